The minimum atomic E-state index is -0.0179. The van der Waals surface area contributed by atoms with E-state index >= 15 is 0 Å². The number of nitrogens with zero attached hydrogens (tertiary/aromatic N) is 2. The predicted octanol–water partition coefficient (Wildman–Crippen LogP) is 3.25. The molecule has 0 radical (unpaired) electrons. The highest BCUT2D eigenvalue weighted by molar-refractivity contribution is 7.09. The number of likely N-dealkylation sites (N-methyl/N-ethyl adjacent to an activating group) is 1. The molecule has 1 heterocycles. The first-order valence-corrected chi connectivity index (χ1v) is 7.96. The van der Waals surface area contributed by atoms with Crippen molar-refractivity contribution in [1.82, 2.24) is 9.88 Å². The Hall–Kier alpha value is -1.14. The summed E-state index contributed by atoms with van der Waals surface area (Å²) in [5.41, 5.74) is 7.96. The Kier molecular flexibility index (Phi) is 5.58. The van der Waals surface area contributed by atoms with Crippen LogP contribution in [0.15, 0.2) is 23.6 Å². The minimum Gasteiger partial charge on any atom is -0.496 e. The molecule has 0 bridgehead atoms. The fourth-order valence-corrected chi connectivity index (χ4v) is 3.28. The van der Waals surface area contributed by atoms with E-state index in [1.165, 1.54) is 0 Å². The third kappa shape index (κ3) is 3.74. The molecule has 0 spiro atoms. The van der Waals surface area contributed by atoms with Crippen molar-refractivity contribution in [2.24, 2.45) is 5.73 Å². The average molecular weight is 326 g/mol. The second kappa shape index (κ2) is 7.22. The monoisotopic (exact) mass is 325 g/mol. The molecule has 4 nitrogen and oxygen atoms in total. The summed E-state index contributed by atoms with van der Waals surface area (Å²) in [6.07, 6.45) is 0. The highest BCUT2D eigenvalue weighted by atomic mass is 35.5. The van der Waals surface area contributed by atoms with Crippen LogP contribution in [0.3, 0.4) is 0 Å². The quantitative estimate of drug-likeness (QED) is 0.885. The Labute approximate surface area is 134 Å². The standard InChI is InChI=1S/C15H20ClN3OS/c1-10-18-11(9-21-10)8-19(2)13(7-17)15-12(16)5-4-6-14(15)20-3/h4-6,9,13H,7-8,17H2,1-3H3. The van der Waals surface area contributed by atoms with Crippen molar-refractivity contribution >= 4 is 22.9 Å². The topological polar surface area (TPSA) is 51.4 Å². The lowest BCUT2D eigenvalue weighted by Gasteiger charge is -2.28. The van der Waals surface area contributed by atoms with E-state index in [0.717, 1.165) is 28.6 Å². The molecule has 114 valence electrons. The molecule has 1 aromatic carbocycles. The molecule has 0 aliphatic rings. The van der Waals surface area contributed by atoms with Gasteiger partial charge in [-0.3, -0.25) is 4.90 Å². The molecule has 2 N–H and O–H groups in total. The van der Waals surface area contributed by atoms with Gasteiger partial charge in [0.2, 0.25) is 0 Å². The van der Waals surface area contributed by atoms with E-state index in [0.29, 0.717) is 11.6 Å². The number of benzene rings is 1. The number of hydrogen-bond acceptors (Lipinski definition) is 5. The summed E-state index contributed by atoms with van der Waals surface area (Å²) in [6, 6.07) is 5.63. The SMILES string of the molecule is COc1cccc(Cl)c1C(CN)N(C)Cc1csc(C)n1. The van der Waals surface area contributed by atoms with Gasteiger partial charge in [0.05, 0.1) is 23.9 Å². The van der Waals surface area contributed by atoms with Crippen LogP contribution >= 0.6 is 22.9 Å². The maximum Gasteiger partial charge on any atom is 0.125 e. The Morgan fingerprint density at radius 3 is 2.81 bits per heavy atom. The van der Waals surface area contributed by atoms with Gasteiger partial charge in [0.25, 0.3) is 0 Å². The summed E-state index contributed by atoms with van der Waals surface area (Å²) in [5.74, 6) is 0.763. The summed E-state index contributed by atoms with van der Waals surface area (Å²) in [5, 5.41) is 3.81. The number of rotatable bonds is 6. The van der Waals surface area contributed by atoms with E-state index in [2.05, 4.69) is 15.3 Å². The number of aryl methyl sites for hydroxylation is 1. The molecule has 0 saturated heterocycles. The second-order valence-electron chi connectivity index (χ2n) is 4.88. The summed E-state index contributed by atoms with van der Waals surface area (Å²) in [4.78, 5) is 6.65. The maximum absolute atomic E-state index is 6.36. The van der Waals surface area contributed by atoms with E-state index < -0.39 is 0 Å². The van der Waals surface area contributed by atoms with Crippen LogP contribution < -0.4 is 10.5 Å². The molecule has 1 unspecified atom stereocenters. The van der Waals surface area contributed by atoms with Crippen LogP contribution in [0.1, 0.15) is 22.3 Å². The van der Waals surface area contributed by atoms with Crippen molar-refractivity contribution in [2.75, 3.05) is 20.7 Å². The van der Waals surface area contributed by atoms with Gasteiger partial charge >= 0.3 is 0 Å². The molecule has 0 fully saturated rings. The summed E-state index contributed by atoms with van der Waals surface area (Å²) in [6.45, 7) is 3.19. The molecule has 0 aliphatic carbocycles. The lowest BCUT2D eigenvalue weighted by atomic mass is 10.0. The summed E-state index contributed by atoms with van der Waals surface area (Å²) >= 11 is 8.01. The van der Waals surface area contributed by atoms with Gasteiger partial charge in [-0.15, -0.1) is 11.3 Å². The largest absolute Gasteiger partial charge is 0.496 e. The smallest absolute Gasteiger partial charge is 0.125 e. The molecular formula is C15H20ClN3OS. The van der Waals surface area contributed by atoms with Crippen LogP contribution in [0, 0.1) is 6.92 Å². The molecule has 1 atom stereocenters. The Morgan fingerprint density at radius 2 is 2.24 bits per heavy atom. The average Bonchev–Trinajstić information content (AvgIpc) is 2.86. The molecule has 2 rings (SSSR count). The minimum absolute atomic E-state index is 0.0179. The van der Waals surface area contributed by atoms with E-state index in [9.17, 15) is 0 Å². The molecule has 0 aliphatic heterocycles. The van der Waals surface area contributed by atoms with Crippen molar-refractivity contribution in [3.63, 3.8) is 0 Å². The van der Waals surface area contributed by atoms with Crippen molar-refractivity contribution < 1.29 is 4.74 Å². The van der Waals surface area contributed by atoms with Crippen molar-refractivity contribution in [3.8, 4) is 5.75 Å². The summed E-state index contributed by atoms with van der Waals surface area (Å²) < 4.78 is 5.43. The van der Waals surface area contributed by atoms with E-state index in [-0.39, 0.29) is 6.04 Å². The lowest BCUT2D eigenvalue weighted by molar-refractivity contribution is 0.234. The number of thiazole rings is 1. The molecule has 6 heteroatoms. The zero-order valence-corrected chi connectivity index (χ0v) is 14.0. The molecule has 21 heavy (non-hydrogen) atoms. The Bertz CT molecular complexity index is 602. The van der Waals surface area contributed by atoms with Crippen molar-refractivity contribution in [1.29, 1.82) is 0 Å². The first-order valence-electron chi connectivity index (χ1n) is 6.70. The van der Waals surface area contributed by atoms with Gasteiger partial charge in [0, 0.05) is 29.1 Å². The molecule has 0 saturated carbocycles. The van der Waals surface area contributed by atoms with E-state index in [1.54, 1.807) is 18.4 Å². The van der Waals surface area contributed by atoms with E-state index in [1.807, 2.05) is 32.2 Å². The number of ether oxygens (including phenoxy) is 1. The van der Waals surface area contributed by atoms with Crippen LogP contribution in [-0.2, 0) is 6.54 Å². The van der Waals surface area contributed by atoms with Crippen molar-refractivity contribution in [2.45, 2.75) is 19.5 Å². The van der Waals surface area contributed by atoms with Gasteiger partial charge in [-0.1, -0.05) is 17.7 Å². The van der Waals surface area contributed by atoms with Gasteiger partial charge in [-0.25, -0.2) is 4.98 Å². The zero-order chi connectivity index (χ0) is 15.4. The normalized spacial score (nSPS) is 12.7. The van der Waals surface area contributed by atoms with Gasteiger partial charge in [-0.05, 0) is 26.1 Å². The lowest BCUT2D eigenvalue weighted by Crippen LogP contribution is -2.30. The van der Waals surface area contributed by atoms with Crippen LogP contribution in [0.5, 0.6) is 5.75 Å². The first kappa shape index (κ1) is 16.2. The highest BCUT2D eigenvalue weighted by Gasteiger charge is 2.22. The predicted molar refractivity (Wildman–Crippen MR) is 88.1 cm³/mol. The molecule has 2 aromatic rings. The third-order valence-electron chi connectivity index (χ3n) is 3.40. The molecular weight excluding hydrogens is 306 g/mol. The second-order valence-corrected chi connectivity index (χ2v) is 6.35. The highest BCUT2D eigenvalue weighted by Crippen LogP contribution is 2.34. The molecule has 1 aromatic heterocycles. The maximum atomic E-state index is 6.36. The number of halogens is 1. The van der Waals surface area contributed by atoms with Crippen LogP contribution in [0.25, 0.3) is 0 Å². The van der Waals surface area contributed by atoms with Crippen LogP contribution in [0.2, 0.25) is 5.02 Å². The van der Waals surface area contributed by atoms with Crippen LogP contribution in [-0.4, -0.2) is 30.6 Å². The third-order valence-corrected chi connectivity index (χ3v) is 4.55. The number of nitrogens with two attached hydrogens (primary N) is 1. The number of aromatic nitrogens is 1. The van der Waals surface area contributed by atoms with Gasteiger partial charge < -0.3 is 10.5 Å². The fraction of sp³-hybridized carbons (Fsp3) is 0.400. The number of methoxy groups -OCH3 is 1. The zero-order valence-electron chi connectivity index (χ0n) is 12.5. The first-order chi connectivity index (χ1) is 10.1. The summed E-state index contributed by atoms with van der Waals surface area (Å²) in [7, 11) is 3.67. The van der Waals surface area contributed by atoms with Gasteiger partial charge in [0.15, 0.2) is 0 Å². The van der Waals surface area contributed by atoms with Gasteiger partial charge in [-0.2, -0.15) is 0 Å². The Balaban J connectivity index is 2.26. The molecule has 0 amide bonds. The fourth-order valence-electron chi connectivity index (χ4n) is 2.38. The van der Waals surface area contributed by atoms with E-state index in [4.69, 9.17) is 22.1 Å². The number of hydrogen-bond donors (Lipinski definition) is 1. The van der Waals surface area contributed by atoms with Crippen molar-refractivity contribution in [3.05, 3.63) is 44.9 Å². The van der Waals surface area contributed by atoms with Gasteiger partial charge in [0.1, 0.15) is 5.75 Å². The van der Waals surface area contributed by atoms with Crippen LogP contribution in [0.4, 0.5) is 0 Å². The Morgan fingerprint density at radius 1 is 1.48 bits per heavy atom.